The highest BCUT2D eigenvalue weighted by atomic mass is 19.4. The normalized spacial score (nSPS) is 17.4. The molecule has 1 saturated heterocycles. The van der Waals surface area contributed by atoms with Crippen molar-refractivity contribution in [2.45, 2.75) is 70.8 Å². The third-order valence-corrected chi connectivity index (χ3v) is 7.80. The molecule has 3 aromatic rings. The molecule has 42 heavy (non-hydrogen) atoms. The average molecular weight is 592 g/mol. The summed E-state index contributed by atoms with van der Waals surface area (Å²) in [6, 6.07) is 15.5. The molecule has 0 aliphatic carbocycles. The molecule has 0 amide bonds. The zero-order valence-electron chi connectivity index (χ0n) is 23.8. The number of rotatable bonds is 8. The molecule has 4 rings (SSSR count). The van der Waals surface area contributed by atoms with Gasteiger partial charge in [0.2, 0.25) is 0 Å². The van der Waals surface area contributed by atoms with Crippen LogP contribution in [-0.2, 0) is 23.7 Å². The van der Waals surface area contributed by atoms with Gasteiger partial charge in [0.15, 0.2) is 0 Å². The van der Waals surface area contributed by atoms with Crippen LogP contribution in [0.1, 0.15) is 78.3 Å². The molecule has 0 saturated carbocycles. The summed E-state index contributed by atoms with van der Waals surface area (Å²) >= 11 is 0. The molecule has 9 heteroatoms. The number of alkyl halides is 6. The Bertz CT molecular complexity index is 1360. The van der Waals surface area contributed by atoms with Crippen LogP contribution in [0.15, 0.2) is 60.7 Å². The molecule has 2 atom stereocenters. The molecule has 3 nitrogen and oxygen atoms in total. The lowest BCUT2D eigenvalue weighted by atomic mass is 9.83. The number of hydrogen-bond acceptors (Lipinski definition) is 2. The number of hydrogen-bond donors (Lipinski definition) is 1. The predicted molar refractivity (Wildman–Crippen MR) is 150 cm³/mol. The summed E-state index contributed by atoms with van der Waals surface area (Å²) in [5, 5.41) is 10.1. The fourth-order valence-electron chi connectivity index (χ4n) is 5.72. The van der Waals surface area contributed by atoms with Crippen molar-refractivity contribution in [3.05, 3.63) is 94.0 Å². The van der Waals surface area contributed by atoms with Crippen LogP contribution < -0.4 is 0 Å². The molecule has 2 unspecified atom stereocenters. The van der Waals surface area contributed by atoms with E-state index in [-0.39, 0.29) is 30.0 Å². The van der Waals surface area contributed by atoms with Crippen molar-refractivity contribution in [1.29, 1.82) is 0 Å². The second-order valence-corrected chi connectivity index (χ2v) is 11.8. The molecular formula is C33H35F6NO2. The van der Waals surface area contributed by atoms with Gasteiger partial charge >= 0.3 is 18.3 Å². The van der Waals surface area contributed by atoms with Crippen LogP contribution in [0.3, 0.4) is 0 Å². The minimum absolute atomic E-state index is 0.0465. The van der Waals surface area contributed by atoms with Gasteiger partial charge in [-0.15, -0.1) is 0 Å². The van der Waals surface area contributed by atoms with Gasteiger partial charge < -0.3 is 5.11 Å². The fraction of sp³-hybridized carbons (Fsp3) is 0.424. The van der Waals surface area contributed by atoms with E-state index in [9.17, 15) is 36.2 Å². The molecule has 1 aliphatic heterocycles. The summed E-state index contributed by atoms with van der Waals surface area (Å²) < 4.78 is 80.5. The highest BCUT2D eigenvalue weighted by Crippen LogP contribution is 2.38. The molecular weight excluding hydrogens is 556 g/mol. The van der Waals surface area contributed by atoms with Gasteiger partial charge in [-0.1, -0.05) is 61.9 Å². The average Bonchev–Trinajstić information content (AvgIpc) is 2.90. The number of likely N-dealkylation sites (tertiary alicyclic amines) is 1. The molecule has 0 aromatic heterocycles. The first-order valence-electron chi connectivity index (χ1n) is 14.1. The van der Waals surface area contributed by atoms with E-state index in [0.29, 0.717) is 31.5 Å². The Balaban J connectivity index is 1.68. The Morgan fingerprint density at radius 3 is 2.07 bits per heavy atom. The summed E-state index contributed by atoms with van der Waals surface area (Å²) in [4.78, 5) is 14.2. The van der Waals surface area contributed by atoms with Crippen molar-refractivity contribution in [2.24, 2.45) is 5.92 Å². The van der Waals surface area contributed by atoms with Gasteiger partial charge in [-0.05, 0) is 90.6 Å². The van der Waals surface area contributed by atoms with E-state index in [0.717, 1.165) is 40.8 Å². The van der Waals surface area contributed by atoms with Crippen LogP contribution in [0.2, 0.25) is 0 Å². The summed E-state index contributed by atoms with van der Waals surface area (Å²) in [7, 11) is 0. The standard InChI is InChI=1S/C33H35F6NO2/c1-20(2)11-30(31(41)42)27-15-25(23-8-6-21(3)7-9-23)14-26(16-27)24-5-4-10-40(19-24)18-22-12-28(32(34,35)36)17-29(13-22)33(37,38)39/h6-9,12-17,20,24,30H,4-5,10-11,18-19H2,1-3H3,(H,41,42). The molecule has 1 aliphatic rings. The zero-order chi connectivity index (χ0) is 30.8. The number of piperidine rings is 1. The number of aryl methyl sites for hydroxylation is 1. The van der Waals surface area contributed by atoms with Crippen LogP contribution in [-0.4, -0.2) is 29.1 Å². The van der Waals surface area contributed by atoms with Crippen LogP contribution in [0.25, 0.3) is 11.1 Å². The number of benzene rings is 3. The highest BCUT2D eigenvalue weighted by molar-refractivity contribution is 5.77. The summed E-state index contributed by atoms with van der Waals surface area (Å²) in [6.45, 7) is 6.82. The molecule has 1 N–H and O–H groups in total. The molecule has 1 fully saturated rings. The Morgan fingerprint density at radius 1 is 0.905 bits per heavy atom. The van der Waals surface area contributed by atoms with Gasteiger partial charge in [-0.3, -0.25) is 9.69 Å². The first-order valence-corrected chi connectivity index (χ1v) is 14.1. The van der Waals surface area contributed by atoms with Gasteiger partial charge in [0.1, 0.15) is 0 Å². The topological polar surface area (TPSA) is 40.5 Å². The Hall–Kier alpha value is -3.33. The zero-order valence-corrected chi connectivity index (χ0v) is 23.8. The first kappa shape index (κ1) is 31.6. The Labute approximate surface area is 242 Å². The van der Waals surface area contributed by atoms with Crippen LogP contribution >= 0.6 is 0 Å². The van der Waals surface area contributed by atoms with E-state index in [1.165, 1.54) is 0 Å². The van der Waals surface area contributed by atoms with Gasteiger partial charge in [0, 0.05) is 13.1 Å². The fourth-order valence-corrected chi connectivity index (χ4v) is 5.72. The second-order valence-electron chi connectivity index (χ2n) is 11.8. The number of carboxylic acid groups (broad SMARTS) is 1. The molecule has 3 aromatic carbocycles. The third kappa shape index (κ3) is 7.94. The highest BCUT2D eigenvalue weighted by Gasteiger charge is 2.37. The summed E-state index contributed by atoms with van der Waals surface area (Å²) in [5.74, 6) is -1.54. The molecule has 226 valence electrons. The van der Waals surface area contributed by atoms with Crippen molar-refractivity contribution in [1.82, 2.24) is 4.90 Å². The van der Waals surface area contributed by atoms with E-state index in [2.05, 4.69) is 0 Å². The maximum atomic E-state index is 13.4. The largest absolute Gasteiger partial charge is 0.481 e. The van der Waals surface area contributed by atoms with E-state index in [4.69, 9.17) is 0 Å². The first-order chi connectivity index (χ1) is 19.6. The van der Waals surface area contributed by atoms with Crippen LogP contribution in [0, 0.1) is 12.8 Å². The maximum Gasteiger partial charge on any atom is 0.416 e. The maximum absolute atomic E-state index is 13.4. The number of nitrogens with zero attached hydrogens (tertiary/aromatic N) is 1. The molecule has 0 radical (unpaired) electrons. The second kappa shape index (κ2) is 12.5. The van der Waals surface area contributed by atoms with E-state index < -0.39 is 35.4 Å². The molecule has 1 heterocycles. The summed E-state index contributed by atoms with van der Waals surface area (Å²) in [6.07, 6.45) is -7.87. The van der Waals surface area contributed by atoms with E-state index in [1.54, 1.807) is 0 Å². The predicted octanol–water partition coefficient (Wildman–Crippen LogP) is 9.29. The van der Waals surface area contributed by atoms with Crippen LogP contribution in [0.4, 0.5) is 26.3 Å². The van der Waals surface area contributed by atoms with Gasteiger partial charge in [0.05, 0.1) is 17.0 Å². The van der Waals surface area contributed by atoms with Crippen molar-refractivity contribution in [3.8, 4) is 11.1 Å². The number of halogens is 6. The van der Waals surface area contributed by atoms with Crippen molar-refractivity contribution >= 4 is 5.97 Å². The minimum atomic E-state index is -4.90. The number of aliphatic carboxylic acids is 1. The van der Waals surface area contributed by atoms with Gasteiger partial charge in [-0.25, -0.2) is 0 Å². The lowest BCUT2D eigenvalue weighted by molar-refractivity contribution is -0.143. The van der Waals surface area contributed by atoms with Crippen molar-refractivity contribution in [3.63, 3.8) is 0 Å². The smallest absolute Gasteiger partial charge is 0.416 e. The lowest BCUT2D eigenvalue weighted by Gasteiger charge is -2.34. The Morgan fingerprint density at radius 2 is 1.52 bits per heavy atom. The Kier molecular flexibility index (Phi) is 9.40. The lowest BCUT2D eigenvalue weighted by Crippen LogP contribution is -2.34. The molecule has 0 spiro atoms. The SMILES string of the molecule is Cc1ccc(-c2cc(C3CCCN(Cc4cc(C(F)(F)F)cc(C(F)(F)F)c4)C3)cc(C(CC(C)C)C(=O)O)c2)cc1. The quantitative estimate of drug-likeness (QED) is 0.266. The van der Waals surface area contributed by atoms with Gasteiger partial charge in [-0.2, -0.15) is 26.3 Å². The molecule has 0 bridgehead atoms. The number of carboxylic acids is 1. The summed E-state index contributed by atoms with van der Waals surface area (Å²) in [5.41, 5.74) is 1.83. The van der Waals surface area contributed by atoms with E-state index >= 15 is 0 Å². The van der Waals surface area contributed by atoms with Crippen LogP contribution in [0.5, 0.6) is 0 Å². The minimum Gasteiger partial charge on any atom is -0.481 e. The van der Waals surface area contributed by atoms with E-state index in [1.807, 2.05) is 68.1 Å². The third-order valence-electron chi connectivity index (χ3n) is 7.80. The number of carbonyl (C=O) groups is 1. The van der Waals surface area contributed by atoms with Crippen molar-refractivity contribution < 1.29 is 36.2 Å². The van der Waals surface area contributed by atoms with Crippen molar-refractivity contribution in [2.75, 3.05) is 13.1 Å². The monoisotopic (exact) mass is 591 g/mol. The van der Waals surface area contributed by atoms with Gasteiger partial charge in [0.25, 0.3) is 0 Å².